The normalized spacial score (nSPS) is 11.8. The van der Waals surface area contributed by atoms with Crippen molar-refractivity contribution in [3.05, 3.63) is 27.2 Å². The molecule has 17 heavy (non-hydrogen) atoms. The highest BCUT2D eigenvalue weighted by Crippen LogP contribution is 2.36. The summed E-state index contributed by atoms with van der Waals surface area (Å²) in [4.78, 5) is 11.2. The predicted octanol–water partition coefficient (Wildman–Crippen LogP) is 2.81. The molecule has 0 amide bonds. The summed E-state index contributed by atoms with van der Waals surface area (Å²) >= 11 is 17.6. The molecule has 0 aliphatic heterocycles. The Bertz CT molecular complexity index is 475. The van der Waals surface area contributed by atoms with Crippen molar-refractivity contribution in [2.24, 2.45) is 5.84 Å². The molecule has 0 saturated carbocycles. The molecular formula is C10H8Cl3N3O. The second kappa shape index (κ2) is 5.56. The Labute approximate surface area is 113 Å². The third-order valence-corrected chi connectivity index (χ3v) is 2.82. The van der Waals surface area contributed by atoms with Crippen LogP contribution in [0.2, 0.25) is 15.1 Å². The number of carbonyl (C=O) groups excluding carboxylic acids is 1. The van der Waals surface area contributed by atoms with Crippen LogP contribution >= 0.6 is 34.8 Å². The number of halogens is 3. The smallest absolute Gasteiger partial charge is 0.189 e. The first-order valence-electron chi connectivity index (χ1n) is 4.47. The minimum Gasteiger partial charge on any atom is -0.296 e. The van der Waals surface area contributed by atoms with Crippen LogP contribution in [0.3, 0.4) is 0 Å². The lowest BCUT2D eigenvalue weighted by atomic mass is 10.2. The fraction of sp³-hybridized carbons (Fsp3) is 0.200. The van der Waals surface area contributed by atoms with Crippen LogP contribution in [0.15, 0.2) is 12.1 Å². The minimum absolute atomic E-state index is 0.173. The van der Waals surface area contributed by atoms with Crippen molar-refractivity contribution >= 4 is 46.3 Å². The molecule has 1 aromatic carbocycles. The number of carbonyl (C=O) groups is 1. The second-order valence-corrected chi connectivity index (χ2v) is 4.52. The lowest BCUT2D eigenvalue weighted by molar-refractivity contribution is -0.117. The molecule has 0 fully saturated rings. The number of nitriles is 1. The fourth-order valence-corrected chi connectivity index (χ4v) is 2.27. The lowest BCUT2D eigenvalue weighted by Crippen LogP contribution is -2.44. The highest BCUT2D eigenvalue weighted by Gasteiger charge is 2.24. The van der Waals surface area contributed by atoms with Crippen LogP contribution < -0.4 is 10.9 Å². The topological polar surface area (TPSA) is 70.1 Å². The van der Waals surface area contributed by atoms with Crippen LogP contribution in [-0.4, -0.2) is 11.8 Å². The van der Waals surface area contributed by atoms with Crippen LogP contribution in [0.1, 0.15) is 6.92 Å². The summed E-state index contributed by atoms with van der Waals surface area (Å²) in [6, 6.07) is 3.48. The highest BCUT2D eigenvalue weighted by atomic mass is 35.5. The van der Waals surface area contributed by atoms with Gasteiger partial charge in [-0.2, -0.15) is 5.26 Å². The number of nitrogens with zero attached hydrogens (tertiary/aromatic N) is 2. The quantitative estimate of drug-likeness (QED) is 0.687. The molecule has 0 aliphatic carbocycles. The van der Waals surface area contributed by atoms with Gasteiger partial charge in [-0.05, 0) is 19.1 Å². The average Bonchev–Trinajstić information content (AvgIpc) is 2.15. The van der Waals surface area contributed by atoms with Gasteiger partial charge in [0.1, 0.15) is 0 Å². The monoisotopic (exact) mass is 291 g/mol. The van der Waals surface area contributed by atoms with Gasteiger partial charge in [-0.15, -0.1) is 0 Å². The van der Waals surface area contributed by atoms with Crippen molar-refractivity contribution in [2.75, 3.05) is 5.01 Å². The Hall–Kier alpha value is -0.990. The maximum absolute atomic E-state index is 11.2. The molecule has 7 heteroatoms. The van der Waals surface area contributed by atoms with E-state index < -0.39 is 11.8 Å². The van der Waals surface area contributed by atoms with E-state index in [4.69, 9.17) is 45.9 Å². The summed E-state index contributed by atoms with van der Waals surface area (Å²) in [5, 5.41) is 10.5. The van der Waals surface area contributed by atoms with Crippen molar-refractivity contribution in [1.29, 1.82) is 5.26 Å². The molecule has 4 nitrogen and oxygen atoms in total. The molecule has 2 N–H and O–H groups in total. The number of Topliss-reactive ketones (excluding diaryl/α,β-unsaturated/α-hetero) is 1. The zero-order valence-corrected chi connectivity index (χ0v) is 11.0. The van der Waals surface area contributed by atoms with Crippen LogP contribution in [0.5, 0.6) is 0 Å². The maximum Gasteiger partial charge on any atom is 0.189 e. The highest BCUT2D eigenvalue weighted by molar-refractivity contribution is 6.41. The van der Waals surface area contributed by atoms with Crippen molar-refractivity contribution in [1.82, 2.24) is 0 Å². The van der Waals surface area contributed by atoms with Crippen LogP contribution in [-0.2, 0) is 4.79 Å². The number of anilines is 1. The first-order valence-corrected chi connectivity index (χ1v) is 5.60. The Morgan fingerprint density at radius 3 is 2.24 bits per heavy atom. The predicted molar refractivity (Wildman–Crippen MR) is 68.2 cm³/mol. The first-order chi connectivity index (χ1) is 7.88. The zero-order chi connectivity index (χ0) is 13.2. The molecular weight excluding hydrogens is 284 g/mol. The van der Waals surface area contributed by atoms with Crippen molar-refractivity contribution in [3.63, 3.8) is 0 Å². The SMILES string of the molecule is CC(=O)C(C#N)N(N)c1c(Cl)cc(Cl)cc1Cl. The molecule has 0 radical (unpaired) electrons. The van der Waals surface area contributed by atoms with E-state index in [1.807, 2.05) is 0 Å². The fourth-order valence-electron chi connectivity index (χ4n) is 1.26. The van der Waals surface area contributed by atoms with E-state index in [-0.39, 0.29) is 15.7 Å². The maximum atomic E-state index is 11.2. The summed E-state index contributed by atoms with van der Waals surface area (Å²) < 4.78 is 0. The Morgan fingerprint density at radius 1 is 1.41 bits per heavy atom. The molecule has 0 bridgehead atoms. The number of hydrogen-bond acceptors (Lipinski definition) is 4. The number of nitrogens with two attached hydrogens (primary N) is 1. The number of ketones is 1. The lowest BCUT2D eigenvalue weighted by Gasteiger charge is -2.24. The van der Waals surface area contributed by atoms with Crippen molar-refractivity contribution in [2.45, 2.75) is 13.0 Å². The van der Waals surface area contributed by atoms with E-state index in [1.165, 1.54) is 19.1 Å². The molecule has 1 unspecified atom stereocenters. The molecule has 1 rings (SSSR count). The van der Waals surface area contributed by atoms with Gasteiger partial charge in [-0.1, -0.05) is 34.8 Å². The first kappa shape index (κ1) is 14.1. The van der Waals surface area contributed by atoms with Gasteiger partial charge in [0.15, 0.2) is 11.8 Å². The van der Waals surface area contributed by atoms with Crippen molar-refractivity contribution in [3.8, 4) is 6.07 Å². The molecule has 1 aromatic rings. The van der Waals surface area contributed by atoms with E-state index in [2.05, 4.69) is 0 Å². The molecule has 1 atom stereocenters. The summed E-state index contributed by atoms with van der Waals surface area (Å²) in [5.41, 5.74) is 0.194. The zero-order valence-electron chi connectivity index (χ0n) is 8.75. The average molecular weight is 293 g/mol. The van der Waals surface area contributed by atoms with Gasteiger partial charge in [-0.25, -0.2) is 5.84 Å². The molecule has 0 heterocycles. The van der Waals surface area contributed by atoms with E-state index >= 15 is 0 Å². The molecule has 90 valence electrons. The number of rotatable bonds is 3. The van der Waals surface area contributed by atoms with Gasteiger partial charge in [0.25, 0.3) is 0 Å². The number of benzene rings is 1. The Morgan fingerprint density at radius 2 is 1.88 bits per heavy atom. The third-order valence-electron chi connectivity index (χ3n) is 2.03. The number of hydrogen-bond donors (Lipinski definition) is 1. The molecule has 0 aliphatic rings. The summed E-state index contributed by atoms with van der Waals surface area (Å²) in [5.74, 6) is 5.27. The van der Waals surface area contributed by atoms with Gasteiger partial charge in [0, 0.05) is 5.02 Å². The van der Waals surface area contributed by atoms with E-state index in [9.17, 15) is 4.79 Å². The van der Waals surface area contributed by atoms with Crippen LogP contribution in [0.25, 0.3) is 0 Å². The number of hydrazine groups is 1. The second-order valence-electron chi connectivity index (χ2n) is 3.27. The van der Waals surface area contributed by atoms with Gasteiger partial charge in [0.2, 0.25) is 0 Å². The van der Waals surface area contributed by atoms with Crippen LogP contribution in [0.4, 0.5) is 5.69 Å². The minimum atomic E-state index is -1.15. The summed E-state index contributed by atoms with van der Waals surface area (Å²) in [7, 11) is 0. The molecule has 0 saturated heterocycles. The summed E-state index contributed by atoms with van der Waals surface area (Å²) in [6.45, 7) is 1.26. The van der Waals surface area contributed by atoms with Gasteiger partial charge in [-0.3, -0.25) is 9.80 Å². The van der Waals surface area contributed by atoms with E-state index in [0.29, 0.717) is 5.02 Å². The summed E-state index contributed by atoms with van der Waals surface area (Å²) in [6.07, 6.45) is 0. The van der Waals surface area contributed by atoms with Crippen LogP contribution in [0, 0.1) is 11.3 Å². The van der Waals surface area contributed by atoms with Gasteiger partial charge >= 0.3 is 0 Å². The Balaban J connectivity index is 3.26. The molecule has 0 aromatic heterocycles. The third kappa shape index (κ3) is 3.02. The van der Waals surface area contributed by atoms with Gasteiger partial charge < -0.3 is 0 Å². The largest absolute Gasteiger partial charge is 0.296 e. The Kier molecular flexibility index (Phi) is 4.61. The van der Waals surface area contributed by atoms with E-state index in [1.54, 1.807) is 6.07 Å². The van der Waals surface area contributed by atoms with Gasteiger partial charge in [0.05, 0.1) is 21.8 Å². The molecule has 0 spiro atoms. The standard InChI is InChI=1S/C10H8Cl3N3O/c1-5(17)9(4-14)16(15)10-7(12)2-6(11)3-8(10)13/h2-3,9H,15H2,1H3. The van der Waals surface area contributed by atoms with E-state index in [0.717, 1.165) is 5.01 Å². The van der Waals surface area contributed by atoms with Crippen molar-refractivity contribution < 1.29 is 4.79 Å².